The zero-order valence-corrected chi connectivity index (χ0v) is 13.2. The highest BCUT2D eigenvalue weighted by Crippen LogP contribution is 2.36. The minimum Gasteiger partial charge on any atom is -0.465 e. The third-order valence-corrected chi connectivity index (χ3v) is 3.44. The summed E-state index contributed by atoms with van der Waals surface area (Å²) in [5, 5.41) is 13.8. The highest BCUT2D eigenvalue weighted by molar-refractivity contribution is 5.90. The van der Waals surface area contributed by atoms with Gasteiger partial charge in [-0.25, -0.2) is 4.79 Å². The Hall–Kier alpha value is -3.10. The van der Waals surface area contributed by atoms with E-state index >= 15 is 0 Å². The molecule has 1 N–H and O–H groups in total. The summed E-state index contributed by atoms with van der Waals surface area (Å²) >= 11 is 0. The average Bonchev–Trinajstić information content (AvgIpc) is 2.55. The zero-order valence-electron chi connectivity index (χ0n) is 13.2. The van der Waals surface area contributed by atoms with E-state index < -0.39 is 28.3 Å². The van der Waals surface area contributed by atoms with Crippen molar-refractivity contribution in [1.82, 2.24) is 0 Å². The topological polar surface area (TPSA) is 81.5 Å². The number of carbonyl (C=O) groups excluding carboxylic acids is 1. The van der Waals surface area contributed by atoms with Gasteiger partial charge in [-0.3, -0.25) is 10.1 Å². The van der Waals surface area contributed by atoms with Gasteiger partial charge in [0.15, 0.2) is 0 Å². The van der Waals surface area contributed by atoms with Crippen LogP contribution in [0.2, 0.25) is 0 Å². The second-order valence-corrected chi connectivity index (χ2v) is 5.13. The highest BCUT2D eigenvalue weighted by atomic mass is 19.4. The van der Waals surface area contributed by atoms with Gasteiger partial charge in [-0.15, -0.1) is 0 Å². The molecule has 0 atom stereocenters. The van der Waals surface area contributed by atoms with Gasteiger partial charge in [-0.2, -0.15) is 13.2 Å². The Morgan fingerprint density at radius 3 is 2.32 bits per heavy atom. The molecule has 0 aliphatic rings. The fourth-order valence-corrected chi connectivity index (χ4v) is 2.16. The summed E-state index contributed by atoms with van der Waals surface area (Å²) in [6.45, 7) is 1.64. The standard InChI is InChI=1S/C16H13F3N2O4/c1-9-7-10(15(22)25-2)3-5-12(9)20-13-6-4-11(16(17,18)19)8-14(13)21(23)24/h3-8,20H,1-2H3. The van der Waals surface area contributed by atoms with Crippen LogP contribution in [-0.4, -0.2) is 18.0 Å². The maximum absolute atomic E-state index is 12.7. The Morgan fingerprint density at radius 2 is 1.80 bits per heavy atom. The van der Waals surface area contributed by atoms with Crippen LogP contribution in [0.3, 0.4) is 0 Å². The number of nitrogens with zero attached hydrogens (tertiary/aromatic N) is 1. The Balaban J connectivity index is 2.40. The van der Waals surface area contributed by atoms with E-state index in [2.05, 4.69) is 10.1 Å². The average molecular weight is 354 g/mol. The Kier molecular flexibility index (Phi) is 4.96. The van der Waals surface area contributed by atoms with Gasteiger partial charge in [-0.1, -0.05) is 0 Å². The van der Waals surface area contributed by atoms with E-state index in [0.29, 0.717) is 17.3 Å². The molecule has 0 heterocycles. The van der Waals surface area contributed by atoms with Crippen molar-refractivity contribution in [3.05, 3.63) is 63.2 Å². The van der Waals surface area contributed by atoms with Crippen molar-refractivity contribution in [2.24, 2.45) is 0 Å². The van der Waals surface area contributed by atoms with Crippen molar-refractivity contribution >= 4 is 23.0 Å². The molecule has 9 heteroatoms. The molecule has 6 nitrogen and oxygen atoms in total. The number of anilines is 2. The number of esters is 1. The molecule has 0 aliphatic carbocycles. The van der Waals surface area contributed by atoms with Gasteiger partial charge in [0, 0.05) is 11.8 Å². The number of nitro groups is 1. The van der Waals surface area contributed by atoms with Gasteiger partial charge in [0.25, 0.3) is 5.69 Å². The molecule has 2 aromatic rings. The molecule has 132 valence electrons. The molecule has 25 heavy (non-hydrogen) atoms. The molecule has 0 aliphatic heterocycles. The smallest absolute Gasteiger partial charge is 0.416 e. The number of hydrogen-bond acceptors (Lipinski definition) is 5. The number of carbonyl (C=O) groups is 1. The lowest BCUT2D eigenvalue weighted by Crippen LogP contribution is -2.07. The first-order valence-corrected chi connectivity index (χ1v) is 6.95. The third kappa shape index (κ3) is 4.06. The highest BCUT2D eigenvalue weighted by Gasteiger charge is 2.33. The quantitative estimate of drug-likeness (QED) is 0.498. The second-order valence-electron chi connectivity index (χ2n) is 5.13. The first kappa shape index (κ1) is 18.2. The summed E-state index contributed by atoms with van der Waals surface area (Å²) in [7, 11) is 1.23. The summed E-state index contributed by atoms with van der Waals surface area (Å²) in [4.78, 5) is 21.7. The number of halogens is 3. The van der Waals surface area contributed by atoms with Crippen molar-refractivity contribution in [3.8, 4) is 0 Å². The normalized spacial score (nSPS) is 11.1. The first-order valence-electron chi connectivity index (χ1n) is 6.95. The molecular weight excluding hydrogens is 341 g/mol. The molecule has 0 bridgehead atoms. The van der Waals surface area contributed by atoms with Gasteiger partial charge in [-0.05, 0) is 42.8 Å². The lowest BCUT2D eigenvalue weighted by molar-refractivity contribution is -0.384. The summed E-state index contributed by atoms with van der Waals surface area (Å²) < 4.78 is 42.8. The molecule has 0 amide bonds. The molecule has 0 radical (unpaired) electrons. The molecular formula is C16H13F3N2O4. The molecule has 0 fully saturated rings. The number of alkyl halides is 3. The van der Waals surface area contributed by atoms with Gasteiger partial charge in [0.05, 0.1) is 23.2 Å². The monoisotopic (exact) mass is 354 g/mol. The van der Waals surface area contributed by atoms with Gasteiger partial charge < -0.3 is 10.1 Å². The fourth-order valence-electron chi connectivity index (χ4n) is 2.16. The van der Waals surface area contributed by atoms with Crippen molar-refractivity contribution in [3.63, 3.8) is 0 Å². The van der Waals surface area contributed by atoms with Crippen LogP contribution in [0.5, 0.6) is 0 Å². The van der Waals surface area contributed by atoms with E-state index in [1.165, 1.54) is 25.3 Å². The van der Waals surface area contributed by atoms with E-state index in [-0.39, 0.29) is 11.3 Å². The van der Waals surface area contributed by atoms with Crippen LogP contribution in [0.25, 0.3) is 0 Å². The van der Waals surface area contributed by atoms with Crippen LogP contribution in [0, 0.1) is 17.0 Å². The Labute approximate surface area is 140 Å². The summed E-state index contributed by atoms with van der Waals surface area (Å²) in [6, 6.07) is 6.66. The van der Waals surface area contributed by atoms with Crippen molar-refractivity contribution in [2.45, 2.75) is 13.1 Å². The predicted molar refractivity (Wildman–Crippen MR) is 83.9 cm³/mol. The van der Waals surface area contributed by atoms with E-state index in [1.807, 2.05) is 0 Å². The second kappa shape index (κ2) is 6.80. The number of nitro benzene ring substituents is 1. The first-order chi connectivity index (χ1) is 11.6. The molecule has 2 aromatic carbocycles. The van der Waals surface area contributed by atoms with Gasteiger partial charge in [0.1, 0.15) is 5.69 Å². The van der Waals surface area contributed by atoms with Crippen molar-refractivity contribution in [2.75, 3.05) is 12.4 Å². The zero-order chi connectivity index (χ0) is 18.8. The van der Waals surface area contributed by atoms with Crippen LogP contribution in [0.1, 0.15) is 21.5 Å². The fraction of sp³-hybridized carbons (Fsp3) is 0.188. The Bertz CT molecular complexity index is 835. The van der Waals surface area contributed by atoms with Crippen LogP contribution < -0.4 is 5.32 Å². The van der Waals surface area contributed by atoms with E-state index in [9.17, 15) is 28.1 Å². The largest absolute Gasteiger partial charge is 0.465 e. The SMILES string of the molecule is COC(=O)c1ccc(Nc2ccc(C(F)(F)F)cc2[N+](=O)[O-])c(C)c1. The number of benzene rings is 2. The number of nitrogens with one attached hydrogen (secondary N) is 1. The van der Waals surface area contributed by atoms with Crippen LogP contribution in [0.4, 0.5) is 30.2 Å². The van der Waals surface area contributed by atoms with Gasteiger partial charge >= 0.3 is 12.1 Å². The van der Waals surface area contributed by atoms with Crippen LogP contribution >= 0.6 is 0 Å². The van der Waals surface area contributed by atoms with Crippen molar-refractivity contribution < 1.29 is 27.6 Å². The van der Waals surface area contributed by atoms with Gasteiger partial charge in [0.2, 0.25) is 0 Å². The van der Waals surface area contributed by atoms with E-state index in [1.54, 1.807) is 6.92 Å². The Morgan fingerprint density at radius 1 is 1.16 bits per heavy atom. The number of hydrogen-bond donors (Lipinski definition) is 1. The lowest BCUT2D eigenvalue weighted by atomic mass is 10.1. The van der Waals surface area contributed by atoms with Crippen molar-refractivity contribution in [1.29, 1.82) is 0 Å². The minimum atomic E-state index is -4.68. The number of ether oxygens (including phenoxy) is 1. The molecule has 0 spiro atoms. The number of methoxy groups -OCH3 is 1. The summed E-state index contributed by atoms with van der Waals surface area (Å²) in [6.07, 6.45) is -4.68. The summed E-state index contributed by atoms with van der Waals surface area (Å²) in [5.74, 6) is -0.546. The molecule has 0 saturated carbocycles. The predicted octanol–water partition coefficient (Wildman–Crippen LogP) is 4.45. The maximum atomic E-state index is 12.7. The number of aryl methyl sites for hydroxylation is 1. The lowest BCUT2D eigenvalue weighted by Gasteiger charge is -2.13. The number of rotatable bonds is 4. The van der Waals surface area contributed by atoms with Crippen LogP contribution in [-0.2, 0) is 10.9 Å². The molecule has 0 unspecified atom stereocenters. The summed E-state index contributed by atoms with van der Waals surface area (Å²) in [5.41, 5.74) is -0.638. The molecule has 0 saturated heterocycles. The van der Waals surface area contributed by atoms with Crippen LogP contribution in [0.15, 0.2) is 36.4 Å². The third-order valence-electron chi connectivity index (χ3n) is 3.44. The van der Waals surface area contributed by atoms with E-state index in [0.717, 1.165) is 12.1 Å². The molecule has 2 rings (SSSR count). The maximum Gasteiger partial charge on any atom is 0.416 e. The molecule has 0 aromatic heterocycles. The minimum absolute atomic E-state index is 0.0908. The van der Waals surface area contributed by atoms with E-state index in [4.69, 9.17) is 0 Å².